The second kappa shape index (κ2) is 12.6. The summed E-state index contributed by atoms with van der Waals surface area (Å²) < 4.78 is 6.36. The lowest BCUT2D eigenvalue weighted by Gasteiger charge is -2.14. The fourth-order valence-corrected chi connectivity index (χ4v) is 7.82. The van der Waals surface area contributed by atoms with Gasteiger partial charge in [0.15, 0.2) is 23.1 Å². The van der Waals surface area contributed by atoms with Gasteiger partial charge in [-0.15, -0.1) is 0 Å². The molecule has 0 saturated carbocycles. The van der Waals surface area contributed by atoms with E-state index in [0.29, 0.717) is 23.4 Å². The molecule has 11 aromatic rings. The van der Waals surface area contributed by atoms with Crippen LogP contribution in [-0.4, -0.2) is 19.9 Å². The van der Waals surface area contributed by atoms with E-state index in [4.69, 9.17) is 24.4 Å². The maximum atomic E-state index is 6.36. The van der Waals surface area contributed by atoms with Crippen molar-refractivity contribution in [3.05, 3.63) is 182 Å². The Kier molecular flexibility index (Phi) is 7.10. The molecule has 55 heavy (non-hydrogen) atoms. The highest BCUT2D eigenvalue weighted by Crippen LogP contribution is 2.42. The number of hydrogen-bond donors (Lipinski definition) is 0. The number of fused-ring (bicyclic) bond motifs is 8. The van der Waals surface area contributed by atoms with Crippen LogP contribution >= 0.6 is 0 Å². The van der Waals surface area contributed by atoms with Gasteiger partial charge in [0.1, 0.15) is 5.52 Å². The maximum absolute atomic E-state index is 6.36. The van der Waals surface area contributed by atoms with Crippen molar-refractivity contribution in [3.63, 3.8) is 0 Å². The molecule has 11 rings (SSSR count). The van der Waals surface area contributed by atoms with Crippen LogP contribution in [0.25, 0.3) is 111 Å². The Morgan fingerprint density at radius 1 is 0.327 bits per heavy atom. The molecule has 0 fully saturated rings. The third-order valence-corrected chi connectivity index (χ3v) is 10.5. The molecule has 2 heterocycles. The Bertz CT molecular complexity index is 3190. The van der Waals surface area contributed by atoms with Crippen molar-refractivity contribution >= 4 is 54.2 Å². The average molecular weight is 703 g/mol. The second-order valence-corrected chi connectivity index (χ2v) is 13.8. The topological polar surface area (TPSA) is 64.7 Å². The first-order chi connectivity index (χ1) is 27.2. The number of oxazole rings is 1. The van der Waals surface area contributed by atoms with Crippen LogP contribution in [0.1, 0.15) is 0 Å². The zero-order chi connectivity index (χ0) is 36.3. The van der Waals surface area contributed by atoms with Crippen molar-refractivity contribution in [3.8, 4) is 56.7 Å². The molecule has 0 aliphatic heterocycles. The minimum Gasteiger partial charge on any atom is -0.436 e. The van der Waals surface area contributed by atoms with E-state index in [1.54, 1.807) is 0 Å². The lowest BCUT2D eigenvalue weighted by atomic mass is 9.89. The maximum Gasteiger partial charge on any atom is 0.227 e. The standard InChI is InChI=1S/C50H30N4O/c1-4-12-32(13-5-1)47-52-48(33-14-6-2-7-15-33)54-49(53-47)39-23-21-35-28-38(22-20-36(35)29-39)42-30-37-18-10-11-19-40(37)45-41(42)26-24-31-25-27-43-46(44(31)45)51-50(55-43)34-16-8-3-9-17-34/h1-30H. The van der Waals surface area contributed by atoms with Gasteiger partial charge in [0.05, 0.1) is 0 Å². The molecular weight excluding hydrogens is 673 g/mol. The highest BCUT2D eigenvalue weighted by atomic mass is 16.3. The summed E-state index contributed by atoms with van der Waals surface area (Å²) >= 11 is 0. The molecule has 5 nitrogen and oxygen atoms in total. The van der Waals surface area contributed by atoms with Crippen LogP contribution in [0.2, 0.25) is 0 Å². The lowest BCUT2D eigenvalue weighted by Crippen LogP contribution is -2.00. The summed E-state index contributed by atoms with van der Waals surface area (Å²) in [5, 5.41) is 9.19. The van der Waals surface area contributed by atoms with Gasteiger partial charge in [-0.3, -0.25) is 0 Å². The zero-order valence-electron chi connectivity index (χ0n) is 29.5. The number of nitrogens with zero attached hydrogens (tertiary/aromatic N) is 4. The summed E-state index contributed by atoms with van der Waals surface area (Å²) in [5.41, 5.74) is 7.76. The Morgan fingerprint density at radius 3 is 1.56 bits per heavy atom. The second-order valence-electron chi connectivity index (χ2n) is 13.8. The van der Waals surface area contributed by atoms with Gasteiger partial charge in [0.2, 0.25) is 5.89 Å². The molecule has 256 valence electrons. The lowest BCUT2D eigenvalue weighted by molar-refractivity contribution is 0.620. The van der Waals surface area contributed by atoms with Gasteiger partial charge in [-0.05, 0) is 79.8 Å². The minimum absolute atomic E-state index is 0.624. The highest BCUT2D eigenvalue weighted by Gasteiger charge is 2.18. The monoisotopic (exact) mass is 702 g/mol. The van der Waals surface area contributed by atoms with Crippen molar-refractivity contribution in [1.29, 1.82) is 0 Å². The summed E-state index contributed by atoms with van der Waals surface area (Å²) in [5.74, 6) is 2.56. The molecule has 9 aromatic carbocycles. The zero-order valence-corrected chi connectivity index (χ0v) is 29.5. The first kappa shape index (κ1) is 31.1. The largest absolute Gasteiger partial charge is 0.436 e. The smallest absolute Gasteiger partial charge is 0.227 e. The molecule has 5 heteroatoms. The van der Waals surface area contributed by atoms with Crippen molar-refractivity contribution < 1.29 is 4.42 Å². The third-order valence-electron chi connectivity index (χ3n) is 10.5. The Labute approximate surface area is 316 Å². The molecule has 0 saturated heterocycles. The van der Waals surface area contributed by atoms with Crippen LogP contribution in [0.4, 0.5) is 0 Å². The van der Waals surface area contributed by atoms with Gasteiger partial charge in [0, 0.05) is 33.0 Å². The summed E-state index contributed by atoms with van der Waals surface area (Å²) in [7, 11) is 0. The summed E-state index contributed by atoms with van der Waals surface area (Å²) in [6.07, 6.45) is 0. The molecule has 0 bridgehead atoms. The van der Waals surface area contributed by atoms with Crippen LogP contribution in [0.5, 0.6) is 0 Å². The predicted octanol–water partition coefficient (Wildman–Crippen LogP) is 13.0. The molecule has 2 aromatic heterocycles. The van der Waals surface area contributed by atoms with Crippen LogP contribution in [-0.2, 0) is 0 Å². The van der Waals surface area contributed by atoms with Gasteiger partial charge in [0.25, 0.3) is 0 Å². The van der Waals surface area contributed by atoms with E-state index in [1.165, 1.54) is 27.1 Å². The van der Waals surface area contributed by atoms with Crippen molar-refractivity contribution in [2.75, 3.05) is 0 Å². The quantitative estimate of drug-likeness (QED) is 0.167. The van der Waals surface area contributed by atoms with E-state index < -0.39 is 0 Å². The Morgan fingerprint density at radius 2 is 0.873 bits per heavy atom. The number of aromatic nitrogens is 4. The SMILES string of the molecule is c1ccc(-c2nc(-c3ccccc3)nc(-c3ccc4cc(-c5cc6ccccc6c6c5ccc5ccc7oc(-c8ccccc8)nc7c56)ccc4c3)n2)cc1. The number of rotatable bonds is 5. The molecule has 0 aliphatic carbocycles. The molecule has 0 amide bonds. The predicted molar refractivity (Wildman–Crippen MR) is 225 cm³/mol. The molecule has 0 radical (unpaired) electrons. The third kappa shape index (κ3) is 5.33. The van der Waals surface area contributed by atoms with Gasteiger partial charge < -0.3 is 4.42 Å². The van der Waals surface area contributed by atoms with Crippen LogP contribution in [0.15, 0.2) is 186 Å². The highest BCUT2D eigenvalue weighted by molar-refractivity contribution is 6.29. The molecule has 0 atom stereocenters. The molecule has 0 N–H and O–H groups in total. The molecular formula is C50H30N4O. The van der Waals surface area contributed by atoms with Crippen molar-refractivity contribution in [2.24, 2.45) is 0 Å². The van der Waals surface area contributed by atoms with Crippen molar-refractivity contribution in [2.45, 2.75) is 0 Å². The first-order valence-corrected chi connectivity index (χ1v) is 18.4. The Hall–Kier alpha value is -7.50. The van der Waals surface area contributed by atoms with Gasteiger partial charge in [-0.2, -0.15) is 0 Å². The summed E-state index contributed by atoms with van der Waals surface area (Å²) in [6, 6.07) is 63.0. The molecule has 0 spiro atoms. The summed E-state index contributed by atoms with van der Waals surface area (Å²) in [4.78, 5) is 19.9. The van der Waals surface area contributed by atoms with E-state index in [9.17, 15) is 0 Å². The minimum atomic E-state index is 0.624. The Balaban J connectivity index is 1.07. The van der Waals surface area contributed by atoms with E-state index in [2.05, 4.69) is 84.9 Å². The molecule has 0 unspecified atom stereocenters. The number of benzene rings is 9. The van der Waals surface area contributed by atoms with E-state index in [0.717, 1.165) is 60.5 Å². The van der Waals surface area contributed by atoms with E-state index in [1.807, 2.05) is 97.1 Å². The van der Waals surface area contributed by atoms with Crippen molar-refractivity contribution in [1.82, 2.24) is 19.9 Å². The van der Waals surface area contributed by atoms with Crippen LogP contribution in [0.3, 0.4) is 0 Å². The van der Waals surface area contributed by atoms with Gasteiger partial charge >= 0.3 is 0 Å². The summed E-state index contributed by atoms with van der Waals surface area (Å²) in [6.45, 7) is 0. The normalized spacial score (nSPS) is 11.6. The van der Waals surface area contributed by atoms with E-state index >= 15 is 0 Å². The van der Waals surface area contributed by atoms with Crippen LogP contribution < -0.4 is 0 Å². The average Bonchev–Trinajstić information content (AvgIpc) is 3.71. The number of hydrogen-bond acceptors (Lipinski definition) is 5. The van der Waals surface area contributed by atoms with Gasteiger partial charge in [-0.25, -0.2) is 19.9 Å². The molecule has 0 aliphatic rings. The van der Waals surface area contributed by atoms with E-state index in [-0.39, 0.29) is 0 Å². The fourth-order valence-electron chi connectivity index (χ4n) is 7.82. The van der Waals surface area contributed by atoms with Crippen LogP contribution in [0, 0.1) is 0 Å². The first-order valence-electron chi connectivity index (χ1n) is 18.4. The fraction of sp³-hybridized carbons (Fsp3) is 0. The van der Waals surface area contributed by atoms with Gasteiger partial charge in [-0.1, -0.05) is 146 Å².